The second-order valence-electron chi connectivity index (χ2n) is 2.92. The maximum absolute atomic E-state index is 9.58. The number of rotatable bonds is 2. The predicted octanol–water partition coefficient (Wildman–Crippen LogP) is 1.04. The first-order valence-corrected chi connectivity index (χ1v) is 4.47. The van der Waals surface area contributed by atoms with Crippen molar-refractivity contribution < 1.29 is 5.11 Å². The molecule has 1 aromatic carbocycles. The lowest BCUT2D eigenvalue weighted by Crippen LogP contribution is -2.13. The molecule has 0 saturated carbocycles. The zero-order valence-corrected chi connectivity index (χ0v) is 8.10. The van der Waals surface area contributed by atoms with Crippen LogP contribution in [0.15, 0.2) is 18.2 Å². The molecular weight excluding hydrogens is 170 g/mol. The Kier molecular flexibility index (Phi) is 3.18. The summed E-state index contributed by atoms with van der Waals surface area (Å²) in [7, 11) is 1.98. The fourth-order valence-corrected chi connectivity index (χ4v) is 1.37. The lowest BCUT2D eigenvalue weighted by atomic mass is 9.87. The van der Waals surface area contributed by atoms with Gasteiger partial charge in [-0.2, -0.15) is 0 Å². The van der Waals surface area contributed by atoms with Crippen molar-refractivity contribution in [1.82, 2.24) is 0 Å². The van der Waals surface area contributed by atoms with Crippen molar-refractivity contribution in [2.75, 3.05) is 0 Å². The minimum Gasteiger partial charge on any atom is -0.388 e. The Bertz CT molecular complexity index is 275. The minimum atomic E-state index is -0.385. The molecule has 12 heavy (non-hydrogen) atoms. The van der Waals surface area contributed by atoms with E-state index in [4.69, 9.17) is 11.6 Å². The van der Waals surface area contributed by atoms with E-state index < -0.39 is 0 Å². The van der Waals surface area contributed by atoms with Crippen LogP contribution in [0.4, 0.5) is 0 Å². The van der Waals surface area contributed by atoms with Crippen LogP contribution in [-0.2, 0) is 0 Å². The molecule has 64 valence electrons. The summed E-state index contributed by atoms with van der Waals surface area (Å²) >= 11 is 5.81. The third kappa shape index (κ3) is 2.02. The third-order valence-corrected chi connectivity index (χ3v) is 2.22. The largest absolute Gasteiger partial charge is 0.388 e. The number of halogens is 1. The molecule has 1 N–H and O–H groups in total. The number of aliphatic hydroxyl groups is 1. The Balaban J connectivity index is 3.04. The summed E-state index contributed by atoms with van der Waals surface area (Å²) < 4.78 is 0. The Morgan fingerprint density at radius 2 is 2.25 bits per heavy atom. The van der Waals surface area contributed by atoms with Gasteiger partial charge in [0.15, 0.2) is 0 Å². The summed E-state index contributed by atoms with van der Waals surface area (Å²) in [4.78, 5) is 0. The van der Waals surface area contributed by atoms with Crippen LogP contribution < -0.4 is 5.46 Å². The Morgan fingerprint density at radius 3 is 2.83 bits per heavy atom. The lowest BCUT2D eigenvalue weighted by Gasteiger charge is -2.11. The lowest BCUT2D eigenvalue weighted by molar-refractivity contribution is 0.175. The van der Waals surface area contributed by atoms with Gasteiger partial charge in [-0.25, -0.2) is 0 Å². The number of hydrogen-bond donors (Lipinski definition) is 1. The average molecular weight is 182 g/mol. The molecule has 0 aliphatic carbocycles. The molecule has 0 unspecified atom stereocenters. The highest BCUT2D eigenvalue weighted by molar-refractivity contribution is 6.35. The van der Waals surface area contributed by atoms with Gasteiger partial charge >= 0.3 is 0 Å². The van der Waals surface area contributed by atoms with Crippen LogP contribution in [0, 0.1) is 0 Å². The van der Waals surface area contributed by atoms with E-state index in [-0.39, 0.29) is 6.10 Å². The van der Waals surface area contributed by atoms with Crippen molar-refractivity contribution in [3.63, 3.8) is 0 Å². The normalized spacial score (nSPS) is 12.9. The smallest absolute Gasteiger partial charge is 0.139 e. The van der Waals surface area contributed by atoms with Gasteiger partial charge in [0.25, 0.3) is 0 Å². The third-order valence-electron chi connectivity index (χ3n) is 1.99. The highest BCUT2D eigenvalue weighted by Crippen LogP contribution is 2.17. The van der Waals surface area contributed by atoms with Crippen LogP contribution in [-0.4, -0.2) is 13.0 Å². The van der Waals surface area contributed by atoms with E-state index in [2.05, 4.69) is 0 Å². The quantitative estimate of drug-likeness (QED) is 0.678. The van der Waals surface area contributed by atoms with Crippen molar-refractivity contribution in [2.24, 2.45) is 0 Å². The summed E-state index contributed by atoms with van der Waals surface area (Å²) in [5.41, 5.74) is 2.03. The highest BCUT2D eigenvalue weighted by atomic mass is 35.5. The van der Waals surface area contributed by atoms with Crippen LogP contribution in [0.3, 0.4) is 0 Å². The van der Waals surface area contributed by atoms with Crippen molar-refractivity contribution in [2.45, 2.75) is 19.4 Å². The second-order valence-corrected chi connectivity index (χ2v) is 3.36. The summed E-state index contributed by atoms with van der Waals surface area (Å²) in [6.07, 6.45) is 0.338. The predicted molar refractivity (Wildman–Crippen MR) is 54.9 cm³/mol. The van der Waals surface area contributed by atoms with E-state index in [1.165, 1.54) is 0 Å². The Labute approximate surface area is 78.8 Å². The second kappa shape index (κ2) is 3.97. The summed E-state index contributed by atoms with van der Waals surface area (Å²) in [6, 6.07) is 5.59. The SMILES string of the molecule is Bc1ccc(Cl)cc1[C@H](O)CC. The molecule has 0 heterocycles. The number of benzene rings is 1. The topological polar surface area (TPSA) is 20.2 Å². The van der Waals surface area contributed by atoms with Crippen molar-refractivity contribution in [3.05, 3.63) is 28.8 Å². The number of hydrogen-bond acceptors (Lipinski definition) is 1. The van der Waals surface area contributed by atoms with E-state index in [1.807, 2.05) is 33.0 Å². The van der Waals surface area contributed by atoms with Gasteiger partial charge in [0.1, 0.15) is 7.85 Å². The first-order chi connectivity index (χ1) is 5.65. The monoisotopic (exact) mass is 182 g/mol. The van der Waals surface area contributed by atoms with Gasteiger partial charge in [0, 0.05) is 5.02 Å². The molecule has 0 aliphatic heterocycles. The highest BCUT2D eigenvalue weighted by Gasteiger charge is 2.07. The van der Waals surface area contributed by atoms with Crippen LogP contribution in [0.25, 0.3) is 0 Å². The maximum Gasteiger partial charge on any atom is 0.139 e. The molecule has 0 bridgehead atoms. The molecule has 3 heteroatoms. The first kappa shape index (κ1) is 9.62. The van der Waals surface area contributed by atoms with E-state index in [0.29, 0.717) is 5.02 Å². The molecule has 0 aromatic heterocycles. The molecule has 1 nitrogen and oxygen atoms in total. The maximum atomic E-state index is 9.58. The molecule has 1 atom stereocenters. The van der Waals surface area contributed by atoms with Crippen LogP contribution in [0.1, 0.15) is 25.0 Å². The van der Waals surface area contributed by atoms with Gasteiger partial charge in [-0.1, -0.05) is 30.1 Å². The molecule has 1 rings (SSSR count). The average Bonchev–Trinajstić information content (AvgIpc) is 2.08. The van der Waals surface area contributed by atoms with Gasteiger partial charge < -0.3 is 5.11 Å². The first-order valence-electron chi connectivity index (χ1n) is 4.09. The van der Waals surface area contributed by atoms with Gasteiger partial charge in [-0.15, -0.1) is 0 Å². The molecule has 0 spiro atoms. The van der Waals surface area contributed by atoms with E-state index in [9.17, 15) is 5.11 Å². The van der Waals surface area contributed by atoms with Crippen LogP contribution in [0.5, 0.6) is 0 Å². The van der Waals surface area contributed by atoms with E-state index in [1.54, 1.807) is 0 Å². The molecule has 0 fully saturated rings. The molecule has 0 amide bonds. The van der Waals surface area contributed by atoms with Gasteiger partial charge in [0.2, 0.25) is 0 Å². The number of aliphatic hydroxyl groups excluding tert-OH is 1. The molecular formula is C9H12BClO. The van der Waals surface area contributed by atoms with Gasteiger partial charge in [0.05, 0.1) is 6.10 Å². The Hall–Kier alpha value is -0.465. The zero-order valence-electron chi connectivity index (χ0n) is 7.34. The molecule has 1 aromatic rings. The summed E-state index contributed by atoms with van der Waals surface area (Å²) in [5, 5.41) is 10.3. The molecule has 0 saturated heterocycles. The van der Waals surface area contributed by atoms with Crippen molar-refractivity contribution >= 4 is 24.9 Å². The summed E-state index contributed by atoms with van der Waals surface area (Å²) in [6.45, 7) is 1.95. The Morgan fingerprint density at radius 1 is 1.58 bits per heavy atom. The van der Waals surface area contributed by atoms with E-state index >= 15 is 0 Å². The fraction of sp³-hybridized carbons (Fsp3) is 0.333. The van der Waals surface area contributed by atoms with Crippen molar-refractivity contribution in [3.8, 4) is 0 Å². The van der Waals surface area contributed by atoms with Gasteiger partial charge in [-0.05, 0) is 24.1 Å². The van der Waals surface area contributed by atoms with Crippen LogP contribution in [0.2, 0.25) is 5.02 Å². The summed E-state index contributed by atoms with van der Waals surface area (Å²) in [5.74, 6) is 0. The zero-order chi connectivity index (χ0) is 9.14. The molecule has 0 radical (unpaired) electrons. The van der Waals surface area contributed by atoms with Crippen LogP contribution >= 0.6 is 11.6 Å². The molecule has 0 aliphatic rings. The standard InChI is InChI=1S/C9H12BClO/c1-2-9(12)7-5-6(11)3-4-8(7)10/h3-5,9,12H,2,10H2,1H3/t9-/m1/s1. The minimum absolute atomic E-state index is 0.385. The van der Waals surface area contributed by atoms with E-state index in [0.717, 1.165) is 17.4 Å². The fourth-order valence-electron chi connectivity index (χ4n) is 1.19. The van der Waals surface area contributed by atoms with Crippen molar-refractivity contribution in [1.29, 1.82) is 0 Å². The van der Waals surface area contributed by atoms with Gasteiger partial charge in [-0.3, -0.25) is 0 Å².